The number of nitrogens with one attached hydrogen (secondary N) is 1. The maximum atomic E-state index is 12.1. The lowest BCUT2D eigenvalue weighted by Crippen LogP contribution is -2.19. The fourth-order valence-corrected chi connectivity index (χ4v) is 4.09. The standard InChI is InChI=1S/C14H12N2O6S2/c1-15-24(21,22)13-8-9(16(19)20)6-7-12(13)23-11-5-3-2-4-10(11)14(17)18/h2-8,15H,1H3,(H,17,18). The van der Waals surface area contributed by atoms with Crippen LogP contribution in [-0.4, -0.2) is 31.5 Å². The fraction of sp³-hybridized carbons (Fsp3) is 0.0714. The molecule has 0 aliphatic carbocycles. The summed E-state index contributed by atoms with van der Waals surface area (Å²) < 4.78 is 26.4. The average Bonchev–Trinajstić information content (AvgIpc) is 2.55. The van der Waals surface area contributed by atoms with Gasteiger partial charge in [0.15, 0.2) is 0 Å². The molecule has 0 saturated carbocycles. The zero-order valence-corrected chi connectivity index (χ0v) is 13.9. The second-order valence-electron chi connectivity index (χ2n) is 4.50. The number of carbonyl (C=O) groups is 1. The first kappa shape index (κ1) is 17.9. The van der Waals surface area contributed by atoms with Gasteiger partial charge in [-0.15, -0.1) is 0 Å². The highest BCUT2D eigenvalue weighted by atomic mass is 32.2. The number of rotatable bonds is 6. The second kappa shape index (κ2) is 6.99. The van der Waals surface area contributed by atoms with Gasteiger partial charge in [-0.05, 0) is 25.2 Å². The molecule has 0 heterocycles. The Morgan fingerprint density at radius 2 is 1.88 bits per heavy atom. The number of hydrogen-bond donors (Lipinski definition) is 2. The summed E-state index contributed by atoms with van der Waals surface area (Å²) in [7, 11) is -2.77. The Morgan fingerprint density at radius 1 is 1.21 bits per heavy atom. The highest BCUT2D eigenvalue weighted by Gasteiger charge is 2.22. The summed E-state index contributed by atoms with van der Waals surface area (Å²) >= 11 is 0.909. The number of carboxylic acid groups (broad SMARTS) is 1. The topological polar surface area (TPSA) is 127 Å². The summed E-state index contributed by atoms with van der Waals surface area (Å²) in [4.78, 5) is 21.7. The first-order chi connectivity index (χ1) is 11.3. The SMILES string of the molecule is CNS(=O)(=O)c1cc([N+](=O)[O-])ccc1Sc1ccccc1C(=O)O. The average molecular weight is 368 g/mol. The third kappa shape index (κ3) is 3.72. The molecule has 0 bridgehead atoms. The van der Waals surface area contributed by atoms with E-state index >= 15 is 0 Å². The lowest BCUT2D eigenvalue weighted by atomic mass is 10.2. The number of sulfonamides is 1. The minimum absolute atomic E-state index is 0.00802. The number of carboxylic acids is 1. The second-order valence-corrected chi connectivity index (χ2v) is 7.44. The van der Waals surface area contributed by atoms with Gasteiger partial charge in [0.05, 0.1) is 10.5 Å². The minimum atomic E-state index is -3.96. The lowest BCUT2D eigenvalue weighted by Gasteiger charge is -2.10. The van der Waals surface area contributed by atoms with Crippen LogP contribution >= 0.6 is 11.8 Å². The molecule has 0 radical (unpaired) electrons. The predicted octanol–water partition coefficient (Wildman–Crippen LogP) is 2.35. The summed E-state index contributed by atoms with van der Waals surface area (Å²) in [6.45, 7) is 0. The smallest absolute Gasteiger partial charge is 0.336 e. The molecule has 0 fully saturated rings. The summed E-state index contributed by atoms with van der Waals surface area (Å²) in [5.74, 6) is -1.15. The van der Waals surface area contributed by atoms with Gasteiger partial charge in [-0.2, -0.15) is 0 Å². The number of aromatic carboxylic acids is 1. The Morgan fingerprint density at radius 3 is 2.46 bits per heavy atom. The normalized spacial score (nSPS) is 11.2. The van der Waals surface area contributed by atoms with Crippen molar-refractivity contribution in [3.8, 4) is 0 Å². The molecule has 0 amide bonds. The summed E-state index contributed by atoms with van der Waals surface area (Å²) in [6, 6.07) is 9.48. The number of benzene rings is 2. The zero-order chi connectivity index (χ0) is 17.9. The van der Waals surface area contributed by atoms with Crippen LogP contribution < -0.4 is 4.72 Å². The van der Waals surface area contributed by atoms with E-state index in [1.165, 1.54) is 31.3 Å². The molecule has 0 aromatic heterocycles. The number of non-ortho nitro benzene ring substituents is 1. The van der Waals surface area contributed by atoms with E-state index in [0.717, 1.165) is 17.8 Å². The van der Waals surface area contributed by atoms with E-state index in [1.54, 1.807) is 12.1 Å². The van der Waals surface area contributed by atoms with Crippen LogP contribution in [0.5, 0.6) is 0 Å². The van der Waals surface area contributed by atoms with Crippen LogP contribution in [0.1, 0.15) is 10.4 Å². The highest BCUT2D eigenvalue weighted by molar-refractivity contribution is 8.00. The molecule has 24 heavy (non-hydrogen) atoms. The Bertz CT molecular complexity index is 911. The van der Waals surface area contributed by atoms with E-state index in [0.29, 0.717) is 4.90 Å². The summed E-state index contributed by atoms with van der Waals surface area (Å²) in [5.41, 5.74) is -0.367. The molecule has 0 atom stereocenters. The van der Waals surface area contributed by atoms with Gasteiger partial charge >= 0.3 is 5.97 Å². The van der Waals surface area contributed by atoms with Crippen molar-refractivity contribution in [1.82, 2.24) is 4.72 Å². The van der Waals surface area contributed by atoms with Crippen molar-refractivity contribution in [2.24, 2.45) is 0 Å². The summed E-state index contributed by atoms with van der Waals surface area (Å²) in [6.07, 6.45) is 0. The Balaban J connectivity index is 2.59. The third-order valence-corrected chi connectivity index (χ3v) is 5.77. The van der Waals surface area contributed by atoms with Crippen LogP contribution in [0.3, 0.4) is 0 Å². The van der Waals surface area contributed by atoms with Crippen LogP contribution in [0.4, 0.5) is 5.69 Å². The van der Waals surface area contributed by atoms with Gasteiger partial charge < -0.3 is 5.11 Å². The van der Waals surface area contributed by atoms with E-state index in [4.69, 9.17) is 0 Å². The van der Waals surface area contributed by atoms with Crippen molar-refractivity contribution in [2.75, 3.05) is 7.05 Å². The van der Waals surface area contributed by atoms with Gasteiger partial charge in [-0.3, -0.25) is 10.1 Å². The molecule has 2 N–H and O–H groups in total. The van der Waals surface area contributed by atoms with Crippen molar-refractivity contribution < 1.29 is 23.2 Å². The highest BCUT2D eigenvalue weighted by Crippen LogP contribution is 2.36. The van der Waals surface area contributed by atoms with Gasteiger partial charge in [0.2, 0.25) is 10.0 Å². The largest absolute Gasteiger partial charge is 0.478 e. The van der Waals surface area contributed by atoms with E-state index < -0.39 is 20.9 Å². The monoisotopic (exact) mass is 368 g/mol. The first-order valence-electron chi connectivity index (χ1n) is 6.48. The van der Waals surface area contributed by atoms with Gasteiger partial charge in [0.25, 0.3) is 5.69 Å². The molecule has 8 nitrogen and oxygen atoms in total. The molecule has 126 valence electrons. The van der Waals surface area contributed by atoms with Gasteiger partial charge in [-0.1, -0.05) is 23.9 Å². The maximum Gasteiger partial charge on any atom is 0.336 e. The first-order valence-corrected chi connectivity index (χ1v) is 8.78. The molecule has 2 aromatic rings. The van der Waals surface area contributed by atoms with Gasteiger partial charge in [0, 0.05) is 21.9 Å². The van der Waals surface area contributed by atoms with Crippen LogP contribution in [-0.2, 0) is 10.0 Å². The molecule has 10 heteroatoms. The molecule has 0 saturated heterocycles. The van der Waals surface area contributed by atoms with Crippen molar-refractivity contribution >= 4 is 33.4 Å². The number of hydrogen-bond acceptors (Lipinski definition) is 6. The van der Waals surface area contributed by atoms with Crippen LogP contribution in [0.2, 0.25) is 0 Å². The zero-order valence-electron chi connectivity index (χ0n) is 12.3. The quantitative estimate of drug-likeness (QED) is 0.592. The van der Waals surface area contributed by atoms with E-state index in [9.17, 15) is 28.4 Å². The van der Waals surface area contributed by atoms with E-state index in [2.05, 4.69) is 4.72 Å². The van der Waals surface area contributed by atoms with Crippen molar-refractivity contribution in [3.63, 3.8) is 0 Å². The Labute approximate surface area is 141 Å². The minimum Gasteiger partial charge on any atom is -0.478 e. The summed E-state index contributed by atoms with van der Waals surface area (Å²) in [5, 5.41) is 20.1. The predicted molar refractivity (Wildman–Crippen MR) is 86.9 cm³/mol. The van der Waals surface area contributed by atoms with Crippen molar-refractivity contribution in [3.05, 3.63) is 58.1 Å². The van der Waals surface area contributed by atoms with Crippen molar-refractivity contribution in [2.45, 2.75) is 14.7 Å². The van der Waals surface area contributed by atoms with Crippen molar-refractivity contribution in [1.29, 1.82) is 0 Å². The van der Waals surface area contributed by atoms with Gasteiger partial charge in [0.1, 0.15) is 4.90 Å². The molecular weight excluding hydrogens is 356 g/mol. The molecule has 0 spiro atoms. The molecule has 0 aliphatic rings. The Kier molecular flexibility index (Phi) is 5.22. The van der Waals surface area contributed by atoms with Crippen LogP contribution in [0, 0.1) is 10.1 Å². The van der Waals surface area contributed by atoms with Crippen LogP contribution in [0.15, 0.2) is 57.2 Å². The van der Waals surface area contributed by atoms with E-state index in [1.807, 2.05) is 0 Å². The van der Waals surface area contributed by atoms with Crippen LogP contribution in [0.25, 0.3) is 0 Å². The Hall–Kier alpha value is -2.43. The van der Waals surface area contributed by atoms with Gasteiger partial charge in [-0.25, -0.2) is 17.9 Å². The number of nitro groups is 1. The molecule has 2 aromatic carbocycles. The number of nitrogens with zero attached hydrogens (tertiary/aromatic N) is 1. The number of nitro benzene ring substituents is 1. The molecule has 0 unspecified atom stereocenters. The van der Waals surface area contributed by atoms with E-state index in [-0.39, 0.29) is 21.0 Å². The maximum absolute atomic E-state index is 12.1. The fourth-order valence-electron chi connectivity index (χ4n) is 1.87. The molecule has 0 aliphatic heterocycles. The lowest BCUT2D eigenvalue weighted by molar-refractivity contribution is -0.385. The molecule has 2 rings (SSSR count). The molecular formula is C14H12N2O6S2. The third-order valence-electron chi connectivity index (χ3n) is 3.03.